The maximum atomic E-state index is 12.7. The minimum Gasteiger partial charge on any atom is -0.489 e. The third-order valence-electron chi connectivity index (χ3n) is 3.36. The van der Waals surface area contributed by atoms with Crippen molar-refractivity contribution in [3.63, 3.8) is 0 Å². The summed E-state index contributed by atoms with van der Waals surface area (Å²) in [5.74, 6) is 0.519. The minimum absolute atomic E-state index is 0.0818. The smallest absolute Gasteiger partial charge is 0.433 e. The first-order chi connectivity index (χ1) is 11.4. The minimum atomic E-state index is -4.52. The molecule has 0 saturated carbocycles. The van der Waals surface area contributed by atoms with E-state index in [0.29, 0.717) is 11.4 Å². The highest BCUT2D eigenvalue weighted by atomic mass is 19.4. The number of ether oxygens (including phenoxy) is 3. The molecule has 3 rings (SSSR count). The van der Waals surface area contributed by atoms with Crippen molar-refractivity contribution >= 4 is 5.69 Å². The van der Waals surface area contributed by atoms with Crippen LogP contribution in [0.3, 0.4) is 0 Å². The molecule has 0 spiro atoms. The van der Waals surface area contributed by atoms with Crippen LogP contribution in [0.4, 0.5) is 18.9 Å². The molecule has 0 radical (unpaired) electrons. The largest absolute Gasteiger partial charge is 0.489 e. The van der Waals surface area contributed by atoms with E-state index in [1.807, 2.05) is 0 Å². The lowest BCUT2D eigenvalue weighted by Crippen LogP contribution is -2.26. The van der Waals surface area contributed by atoms with Gasteiger partial charge in [0.2, 0.25) is 0 Å². The topological polar surface area (TPSA) is 78.4 Å². The van der Waals surface area contributed by atoms with E-state index >= 15 is 0 Å². The number of aromatic nitrogens is 3. The van der Waals surface area contributed by atoms with Gasteiger partial charge in [0.05, 0.1) is 38.0 Å². The number of hydrogen-bond donors (Lipinski definition) is 1. The number of hydrogen-bond acceptors (Lipinski definition) is 7. The molecule has 10 heteroatoms. The summed E-state index contributed by atoms with van der Waals surface area (Å²) in [7, 11) is 2.87. The Labute approximate surface area is 134 Å². The molecule has 0 bridgehead atoms. The second kappa shape index (κ2) is 6.02. The normalized spacial score (nSPS) is 16.6. The number of alkyl halides is 3. The van der Waals surface area contributed by atoms with Crippen molar-refractivity contribution in [1.82, 2.24) is 15.0 Å². The van der Waals surface area contributed by atoms with Crippen molar-refractivity contribution in [1.29, 1.82) is 0 Å². The Bertz CT molecular complexity index is 755. The second-order valence-electron chi connectivity index (χ2n) is 4.88. The van der Waals surface area contributed by atoms with Gasteiger partial charge in [0.15, 0.2) is 0 Å². The fraction of sp³-hybridized carbons (Fsp3) is 0.357. The summed E-state index contributed by atoms with van der Waals surface area (Å²) in [6, 6.07) is 0.446. The van der Waals surface area contributed by atoms with Crippen molar-refractivity contribution < 1.29 is 27.4 Å². The van der Waals surface area contributed by atoms with Gasteiger partial charge >= 0.3 is 6.18 Å². The molecule has 2 aromatic rings. The molecular weight excluding hydrogens is 329 g/mol. The van der Waals surface area contributed by atoms with Crippen LogP contribution < -0.4 is 19.5 Å². The van der Waals surface area contributed by atoms with Crippen molar-refractivity contribution in [3.8, 4) is 17.5 Å². The van der Waals surface area contributed by atoms with Gasteiger partial charge in [-0.05, 0) is 0 Å². The molecule has 24 heavy (non-hydrogen) atoms. The lowest BCUT2D eigenvalue weighted by atomic mass is 10.1. The zero-order valence-corrected chi connectivity index (χ0v) is 12.7. The first-order valence-electron chi connectivity index (χ1n) is 6.84. The summed E-state index contributed by atoms with van der Waals surface area (Å²) in [6.07, 6.45) is -1.96. The average Bonchev–Trinajstić information content (AvgIpc) is 2.59. The molecule has 0 aromatic carbocycles. The summed E-state index contributed by atoms with van der Waals surface area (Å²) in [4.78, 5) is 11.7. The third-order valence-corrected chi connectivity index (χ3v) is 3.36. The number of methoxy groups -OCH3 is 2. The Morgan fingerprint density at radius 3 is 2.58 bits per heavy atom. The van der Waals surface area contributed by atoms with Crippen LogP contribution in [-0.2, 0) is 6.18 Å². The number of rotatable bonds is 3. The average molecular weight is 342 g/mol. The molecule has 1 aliphatic rings. The van der Waals surface area contributed by atoms with Crippen molar-refractivity contribution in [3.05, 3.63) is 29.8 Å². The molecule has 0 amide bonds. The maximum Gasteiger partial charge on any atom is 0.433 e. The van der Waals surface area contributed by atoms with Gasteiger partial charge in [-0.1, -0.05) is 0 Å². The number of anilines is 1. The predicted molar refractivity (Wildman–Crippen MR) is 76.2 cm³/mol. The monoisotopic (exact) mass is 342 g/mol. The van der Waals surface area contributed by atoms with Gasteiger partial charge in [-0.15, -0.1) is 0 Å². The Morgan fingerprint density at radius 2 is 1.92 bits per heavy atom. The van der Waals surface area contributed by atoms with Crippen LogP contribution in [0, 0.1) is 0 Å². The van der Waals surface area contributed by atoms with Crippen LogP contribution in [0.5, 0.6) is 17.5 Å². The van der Waals surface area contributed by atoms with Crippen molar-refractivity contribution in [2.24, 2.45) is 0 Å². The van der Waals surface area contributed by atoms with Crippen LogP contribution in [0.25, 0.3) is 0 Å². The molecule has 0 fully saturated rings. The Morgan fingerprint density at radius 1 is 1.17 bits per heavy atom. The first-order valence-corrected chi connectivity index (χ1v) is 6.84. The van der Waals surface area contributed by atoms with Crippen LogP contribution in [0.15, 0.2) is 18.5 Å². The van der Waals surface area contributed by atoms with Gasteiger partial charge < -0.3 is 19.5 Å². The molecule has 128 valence electrons. The number of nitrogens with zero attached hydrogens (tertiary/aromatic N) is 3. The summed E-state index contributed by atoms with van der Waals surface area (Å²) in [6.45, 7) is 0.0818. The van der Waals surface area contributed by atoms with Crippen LogP contribution in [0.2, 0.25) is 0 Å². The summed E-state index contributed by atoms with van der Waals surface area (Å²) < 4.78 is 53.5. The number of fused-ring (bicyclic) bond motifs is 1. The summed E-state index contributed by atoms with van der Waals surface area (Å²) in [5.41, 5.74) is -0.165. The van der Waals surface area contributed by atoms with Crippen LogP contribution >= 0.6 is 0 Å². The quantitative estimate of drug-likeness (QED) is 0.918. The fourth-order valence-corrected chi connectivity index (χ4v) is 2.20. The van der Waals surface area contributed by atoms with E-state index in [1.54, 1.807) is 0 Å². The zero-order valence-electron chi connectivity index (χ0n) is 12.7. The van der Waals surface area contributed by atoms with E-state index in [-0.39, 0.29) is 24.1 Å². The van der Waals surface area contributed by atoms with E-state index in [1.165, 1.54) is 20.4 Å². The fourth-order valence-electron chi connectivity index (χ4n) is 2.20. The van der Waals surface area contributed by atoms with Crippen molar-refractivity contribution in [2.45, 2.75) is 12.2 Å². The van der Waals surface area contributed by atoms with Gasteiger partial charge in [0.25, 0.3) is 11.8 Å². The van der Waals surface area contributed by atoms with E-state index in [4.69, 9.17) is 14.2 Å². The van der Waals surface area contributed by atoms with Gasteiger partial charge in [0.1, 0.15) is 24.1 Å². The van der Waals surface area contributed by atoms with E-state index < -0.39 is 17.9 Å². The highest BCUT2D eigenvalue weighted by Crippen LogP contribution is 2.37. The van der Waals surface area contributed by atoms with Gasteiger partial charge in [0, 0.05) is 6.07 Å². The molecule has 1 aliphatic heterocycles. The van der Waals surface area contributed by atoms with Crippen LogP contribution in [0.1, 0.15) is 17.4 Å². The third kappa shape index (κ3) is 2.99. The predicted octanol–water partition coefficient (Wildman–Crippen LogP) is 2.45. The standard InChI is InChI=1S/C14H13F3N4O3/c1-22-12-13(23-2)21-7(4-19-12)9-6-24-10-3-11(14(15,16)17)18-5-8(10)20-9/h3-5,9,20H,6H2,1-2H3. The Hall–Kier alpha value is -2.78. The van der Waals surface area contributed by atoms with Crippen molar-refractivity contribution in [2.75, 3.05) is 26.1 Å². The van der Waals surface area contributed by atoms with Gasteiger partial charge in [-0.3, -0.25) is 0 Å². The number of pyridine rings is 1. The van der Waals surface area contributed by atoms with E-state index in [0.717, 1.165) is 12.3 Å². The van der Waals surface area contributed by atoms with E-state index in [2.05, 4.69) is 20.3 Å². The lowest BCUT2D eigenvalue weighted by molar-refractivity contribution is -0.141. The molecule has 1 unspecified atom stereocenters. The van der Waals surface area contributed by atoms with Gasteiger partial charge in [-0.25, -0.2) is 15.0 Å². The highest BCUT2D eigenvalue weighted by molar-refractivity contribution is 5.58. The lowest BCUT2D eigenvalue weighted by Gasteiger charge is -2.27. The Balaban J connectivity index is 1.85. The molecule has 7 nitrogen and oxygen atoms in total. The molecule has 1 atom stereocenters. The first kappa shape index (κ1) is 16.1. The van der Waals surface area contributed by atoms with Gasteiger partial charge in [-0.2, -0.15) is 13.2 Å². The second-order valence-corrected chi connectivity index (χ2v) is 4.88. The zero-order chi connectivity index (χ0) is 17.3. The molecule has 2 aromatic heterocycles. The molecule has 3 heterocycles. The number of halogens is 3. The Kier molecular flexibility index (Phi) is 4.04. The molecule has 0 saturated heterocycles. The summed E-state index contributed by atoms with van der Waals surface area (Å²) in [5, 5.41) is 3.03. The molecular formula is C14H13F3N4O3. The maximum absolute atomic E-state index is 12.7. The highest BCUT2D eigenvalue weighted by Gasteiger charge is 2.34. The van der Waals surface area contributed by atoms with Crippen LogP contribution in [-0.4, -0.2) is 35.8 Å². The molecule has 1 N–H and O–H groups in total. The SMILES string of the molecule is COc1ncc(C2COc3cc(C(F)(F)F)ncc3N2)nc1OC. The molecule has 0 aliphatic carbocycles. The number of nitrogens with one attached hydrogen (secondary N) is 1. The summed E-state index contributed by atoms with van der Waals surface area (Å²) >= 11 is 0. The van der Waals surface area contributed by atoms with E-state index in [9.17, 15) is 13.2 Å².